The maximum Gasteiger partial charge on any atom is 0.223 e. The van der Waals surface area contributed by atoms with Crippen LogP contribution in [0.15, 0.2) is 24.3 Å². The quantitative estimate of drug-likeness (QED) is 0.744. The van der Waals surface area contributed by atoms with E-state index < -0.39 is 0 Å². The fraction of sp³-hybridized carbons (Fsp3) is 0.650. The summed E-state index contributed by atoms with van der Waals surface area (Å²) in [6.45, 7) is 10.7. The van der Waals surface area contributed by atoms with Crippen molar-refractivity contribution in [3.63, 3.8) is 0 Å². The Morgan fingerprint density at radius 2 is 2.00 bits per heavy atom. The van der Waals surface area contributed by atoms with Gasteiger partial charge < -0.3 is 10.1 Å². The molecule has 0 spiro atoms. The fourth-order valence-corrected chi connectivity index (χ4v) is 3.13. The number of hydrogen-bond acceptors (Lipinski definition) is 3. The monoisotopic (exact) mass is 332 g/mol. The summed E-state index contributed by atoms with van der Waals surface area (Å²) in [5, 5.41) is 3.06. The van der Waals surface area contributed by atoms with Gasteiger partial charge in [-0.25, -0.2) is 0 Å². The highest BCUT2D eigenvalue weighted by Crippen LogP contribution is 2.20. The first-order valence-corrected chi connectivity index (χ1v) is 9.22. The van der Waals surface area contributed by atoms with Crippen molar-refractivity contribution in [1.82, 2.24) is 10.2 Å². The minimum atomic E-state index is 0.170. The van der Waals surface area contributed by atoms with Crippen LogP contribution < -0.4 is 5.32 Å². The van der Waals surface area contributed by atoms with Gasteiger partial charge in [-0.3, -0.25) is 9.69 Å². The standard InChI is InChI=1S/C20H32N2O2/c1-16(2)24-14-6-11-21-20(23)18-9-12-22(13-10-18)15-19-8-5-4-7-17(19)3/h4-5,7-8,16,18H,6,9-15H2,1-3H3,(H,21,23). The van der Waals surface area contributed by atoms with E-state index in [1.807, 2.05) is 13.8 Å². The summed E-state index contributed by atoms with van der Waals surface area (Å²) in [6.07, 6.45) is 3.06. The molecule has 0 aliphatic carbocycles. The Morgan fingerprint density at radius 3 is 2.67 bits per heavy atom. The fourth-order valence-electron chi connectivity index (χ4n) is 3.13. The highest BCUT2D eigenvalue weighted by molar-refractivity contribution is 5.78. The number of nitrogens with zero attached hydrogens (tertiary/aromatic N) is 1. The van der Waals surface area contributed by atoms with E-state index in [9.17, 15) is 4.79 Å². The molecule has 0 aromatic heterocycles. The number of piperidine rings is 1. The molecule has 0 saturated carbocycles. The first-order chi connectivity index (χ1) is 11.6. The van der Waals surface area contributed by atoms with Crippen molar-refractivity contribution in [3.05, 3.63) is 35.4 Å². The van der Waals surface area contributed by atoms with E-state index in [0.29, 0.717) is 6.61 Å². The van der Waals surface area contributed by atoms with Gasteiger partial charge in [0, 0.05) is 25.6 Å². The summed E-state index contributed by atoms with van der Waals surface area (Å²) in [5.41, 5.74) is 2.74. The molecular weight excluding hydrogens is 300 g/mol. The summed E-state index contributed by atoms with van der Waals surface area (Å²) in [4.78, 5) is 14.7. The van der Waals surface area contributed by atoms with Crippen LogP contribution in [0.4, 0.5) is 0 Å². The number of benzene rings is 1. The van der Waals surface area contributed by atoms with E-state index in [0.717, 1.165) is 45.4 Å². The van der Waals surface area contributed by atoms with Gasteiger partial charge in [-0.1, -0.05) is 24.3 Å². The molecule has 1 saturated heterocycles. The number of hydrogen-bond donors (Lipinski definition) is 1. The Morgan fingerprint density at radius 1 is 1.29 bits per heavy atom. The van der Waals surface area contributed by atoms with Crippen LogP contribution in [0, 0.1) is 12.8 Å². The normalized spacial score (nSPS) is 16.5. The van der Waals surface area contributed by atoms with Crippen LogP contribution in [0.2, 0.25) is 0 Å². The molecule has 1 fully saturated rings. The van der Waals surface area contributed by atoms with Crippen LogP contribution in [-0.4, -0.2) is 43.2 Å². The number of carbonyl (C=O) groups excluding carboxylic acids is 1. The van der Waals surface area contributed by atoms with Crippen molar-refractivity contribution in [2.24, 2.45) is 5.92 Å². The third-order valence-electron chi connectivity index (χ3n) is 4.69. The zero-order valence-electron chi connectivity index (χ0n) is 15.4. The van der Waals surface area contributed by atoms with Gasteiger partial charge in [-0.2, -0.15) is 0 Å². The Bertz CT molecular complexity index is 508. The van der Waals surface area contributed by atoms with Crippen molar-refractivity contribution in [3.8, 4) is 0 Å². The van der Waals surface area contributed by atoms with Gasteiger partial charge in [0.05, 0.1) is 6.10 Å². The lowest BCUT2D eigenvalue weighted by atomic mass is 9.95. The first kappa shape index (κ1) is 18.9. The predicted molar refractivity (Wildman–Crippen MR) is 97.9 cm³/mol. The Hall–Kier alpha value is -1.39. The molecule has 134 valence electrons. The number of nitrogens with one attached hydrogen (secondary N) is 1. The number of likely N-dealkylation sites (tertiary alicyclic amines) is 1. The van der Waals surface area contributed by atoms with E-state index >= 15 is 0 Å². The molecule has 1 aromatic carbocycles. The summed E-state index contributed by atoms with van der Waals surface area (Å²) >= 11 is 0. The van der Waals surface area contributed by atoms with Gasteiger partial charge >= 0.3 is 0 Å². The topological polar surface area (TPSA) is 41.6 Å². The smallest absolute Gasteiger partial charge is 0.223 e. The molecule has 0 unspecified atom stereocenters. The summed E-state index contributed by atoms with van der Waals surface area (Å²) in [5.74, 6) is 0.388. The highest BCUT2D eigenvalue weighted by Gasteiger charge is 2.24. The Labute approximate surface area is 146 Å². The van der Waals surface area contributed by atoms with Gasteiger partial charge in [-0.15, -0.1) is 0 Å². The number of rotatable bonds is 8. The molecule has 0 bridgehead atoms. The summed E-state index contributed by atoms with van der Waals surface area (Å²) in [7, 11) is 0. The van der Waals surface area contributed by atoms with Crippen LogP contribution in [0.5, 0.6) is 0 Å². The van der Waals surface area contributed by atoms with E-state index in [1.54, 1.807) is 0 Å². The Kier molecular flexibility index (Phi) is 7.73. The van der Waals surface area contributed by atoms with E-state index in [4.69, 9.17) is 4.74 Å². The second kappa shape index (κ2) is 9.80. The molecule has 1 N–H and O–H groups in total. The number of ether oxygens (including phenoxy) is 1. The van der Waals surface area contributed by atoms with Crippen molar-refractivity contribution >= 4 is 5.91 Å². The van der Waals surface area contributed by atoms with Crippen molar-refractivity contribution in [2.45, 2.75) is 52.7 Å². The van der Waals surface area contributed by atoms with Gasteiger partial charge in [0.2, 0.25) is 5.91 Å². The molecule has 0 radical (unpaired) electrons. The molecule has 1 aliphatic heterocycles. The number of aryl methyl sites for hydroxylation is 1. The molecule has 1 amide bonds. The van der Waals surface area contributed by atoms with E-state index in [1.165, 1.54) is 11.1 Å². The van der Waals surface area contributed by atoms with Crippen molar-refractivity contribution < 1.29 is 9.53 Å². The largest absolute Gasteiger partial charge is 0.379 e. The first-order valence-electron chi connectivity index (χ1n) is 9.22. The lowest BCUT2D eigenvalue weighted by Gasteiger charge is -2.31. The molecule has 4 heteroatoms. The van der Waals surface area contributed by atoms with Gasteiger partial charge in [0.25, 0.3) is 0 Å². The maximum atomic E-state index is 12.2. The minimum Gasteiger partial charge on any atom is -0.379 e. The molecule has 2 rings (SSSR count). The summed E-state index contributed by atoms with van der Waals surface area (Å²) < 4.78 is 5.49. The van der Waals surface area contributed by atoms with Crippen LogP contribution >= 0.6 is 0 Å². The lowest BCUT2D eigenvalue weighted by Crippen LogP contribution is -2.40. The van der Waals surface area contributed by atoms with Gasteiger partial charge in [-0.05, 0) is 64.3 Å². The zero-order valence-corrected chi connectivity index (χ0v) is 15.4. The molecule has 24 heavy (non-hydrogen) atoms. The molecule has 0 atom stereocenters. The second-order valence-electron chi connectivity index (χ2n) is 7.04. The van der Waals surface area contributed by atoms with Crippen LogP contribution in [0.1, 0.15) is 44.2 Å². The third-order valence-corrected chi connectivity index (χ3v) is 4.69. The molecule has 4 nitrogen and oxygen atoms in total. The average Bonchev–Trinajstić information content (AvgIpc) is 2.57. The van der Waals surface area contributed by atoms with Gasteiger partial charge in [0.15, 0.2) is 0 Å². The van der Waals surface area contributed by atoms with Gasteiger partial charge in [0.1, 0.15) is 0 Å². The van der Waals surface area contributed by atoms with Crippen molar-refractivity contribution in [1.29, 1.82) is 0 Å². The molecule has 1 aliphatic rings. The second-order valence-corrected chi connectivity index (χ2v) is 7.04. The van der Waals surface area contributed by atoms with E-state index in [-0.39, 0.29) is 17.9 Å². The number of amides is 1. The summed E-state index contributed by atoms with van der Waals surface area (Å²) in [6, 6.07) is 8.55. The van der Waals surface area contributed by atoms with Crippen molar-refractivity contribution in [2.75, 3.05) is 26.2 Å². The Balaban J connectivity index is 1.65. The lowest BCUT2D eigenvalue weighted by molar-refractivity contribution is -0.126. The number of carbonyl (C=O) groups is 1. The minimum absolute atomic E-state index is 0.170. The van der Waals surface area contributed by atoms with Crippen LogP contribution in [0.25, 0.3) is 0 Å². The zero-order chi connectivity index (χ0) is 17.4. The predicted octanol–water partition coefficient (Wildman–Crippen LogP) is 3.14. The maximum absolute atomic E-state index is 12.2. The van der Waals surface area contributed by atoms with Crippen LogP contribution in [-0.2, 0) is 16.1 Å². The highest BCUT2D eigenvalue weighted by atomic mass is 16.5. The average molecular weight is 332 g/mol. The molecule has 1 heterocycles. The van der Waals surface area contributed by atoms with E-state index in [2.05, 4.69) is 41.4 Å². The SMILES string of the molecule is Cc1ccccc1CN1CCC(C(=O)NCCCOC(C)C)CC1. The van der Waals surface area contributed by atoms with Crippen LogP contribution in [0.3, 0.4) is 0 Å². The third kappa shape index (κ3) is 6.25. The molecular formula is C20H32N2O2. The molecule has 1 aromatic rings.